The maximum Gasteiger partial charge on any atom is 0.120 e. The highest BCUT2D eigenvalue weighted by Crippen LogP contribution is 2.38. The van der Waals surface area contributed by atoms with Crippen LogP contribution in [0, 0.1) is 0 Å². The van der Waals surface area contributed by atoms with Crippen LogP contribution < -0.4 is 5.32 Å². The molecule has 0 aromatic carbocycles. The summed E-state index contributed by atoms with van der Waals surface area (Å²) in [7, 11) is 0. The maximum absolute atomic E-state index is 6.12. The van der Waals surface area contributed by atoms with Gasteiger partial charge >= 0.3 is 0 Å². The molecule has 0 radical (unpaired) electrons. The molecule has 2 aromatic heterocycles. The predicted molar refractivity (Wildman–Crippen MR) is 75.3 cm³/mol. The largest absolute Gasteiger partial charge is 0.468 e. The Labute approximate surface area is 116 Å². The van der Waals surface area contributed by atoms with Gasteiger partial charge in [-0.25, -0.2) is 0 Å². The van der Waals surface area contributed by atoms with Crippen LogP contribution in [-0.2, 0) is 6.42 Å². The first-order chi connectivity index (χ1) is 8.74. The van der Waals surface area contributed by atoms with Gasteiger partial charge in [-0.2, -0.15) is 0 Å². The third kappa shape index (κ3) is 2.35. The van der Waals surface area contributed by atoms with E-state index in [1.807, 2.05) is 12.1 Å². The van der Waals surface area contributed by atoms with Gasteiger partial charge in [0.05, 0.1) is 16.6 Å². The minimum absolute atomic E-state index is 0.231. The van der Waals surface area contributed by atoms with Gasteiger partial charge in [-0.1, -0.05) is 11.6 Å². The monoisotopic (exact) mass is 281 g/mol. The van der Waals surface area contributed by atoms with Crippen molar-refractivity contribution in [2.75, 3.05) is 0 Å². The number of halogens is 1. The van der Waals surface area contributed by atoms with E-state index in [0.29, 0.717) is 6.04 Å². The summed E-state index contributed by atoms with van der Waals surface area (Å²) in [6.45, 7) is 2.14. The number of furan rings is 1. The van der Waals surface area contributed by atoms with Gasteiger partial charge in [0, 0.05) is 10.9 Å². The minimum atomic E-state index is 0.231. The number of hydrogen-bond donors (Lipinski definition) is 1. The van der Waals surface area contributed by atoms with Gasteiger partial charge in [-0.05, 0) is 49.9 Å². The molecule has 1 unspecified atom stereocenters. The highest BCUT2D eigenvalue weighted by Gasteiger charge is 2.24. The van der Waals surface area contributed by atoms with Crippen molar-refractivity contribution >= 4 is 22.9 Å². The summed E-state index contributed by atoms with van der Waals surface area (Å²) in [4.78, 5) is 1.44. The number of nitrogens with one attached hydrogen (secondary N) is 1. The Kier molecular flexibility index (Phi) is 3.46. The third-order valence-corrected chi connectivity index (χ3v) is 4.84. The van der Waals surface area contributed by atoms with E-state index in [2.05, 4.69) is 18.3 Å². The van der Waals surface area contributed by atoms with Crippen molar-refractivity contribution in [3.05, 3.63) is 45.0 Å². The molecule has 2 heterocycles. The molecule has 0 spiro atoms. The van der Waals surface area contributed by atoms with Crippen molar-refractivity contribution in [3.63, 3.8) is 0 Å². The van der Waals surface area contributed by atoms with Crippen LogP contribution >= 0.6 is 22.9 Å². The lowest BCUT2D eigenvalue weighted by molar-refractivity contribution is 0.369. The molecule has 2 aromatic rings. The second-order valence-corrected chi connectivity index (χ2v) is 6.55. The van der Waals surface area contributed by atoms with Crippen LogP contribution in [0.1, 0.15) is 48.0 Å². The van der Waals surface area contributed by atoms with Crippen LogP contribution in [0.2, 0.25) is 4.34 Å². The molecule has 1 N–H and O–H groups in total. The maximum atomic E-state index is 6.12. The van der Waals surface area contributed by atoms with Crippen molar-refractivity contribution in [2.24, 2.45) is 0 Å². The molecule has 0 amide bonds. The van der Waals surface area contributed by atoms with Crippen LogP contribution in [0.5, 0.6) is 0 Å². The van der Waals surface area contributed by atoms with Crippen LogP contribution in [0.25, 0.3) is 0 Å². The zero-order valence-corrected chi connectivity index (χ0v) is 11.9. The first-order valence-electron chi connectivity index (χ1n) is 6.31. The molecule has 18 heavy (non-hydrogen) atoms. The molecule has 0 bridgehead atoms. The molecule has 4 heteroatoms. The molecule has 96 valence electrons. The normalized spacial score (nSPS) is 20.7. The van der Waals surface area contributed by atoms with Gasteiger partial charge in [0.15, 0.2) is 0 Å². The molecule has 2 nitrogen and oxygen atoms in total. The lowest BCUT2D eigenvalue weighted by Gasteiger charge is -2.26. The number of rotatable bonds is 3. The molecule has 1 aliphatic rings. The number of thiophene rings is 1. The average molecular weight is 282 g/mol. The van der Waals surface area contributed by atoms with Crippen molar-refractivity contribution in [3.8, 4) is 0 Å². The van der Waals surface area contributed by atoms with Crippen LogP contribution in [-0.4, -0.2) is 0 Å². The molecule has 0 saturated carbocycles. The van der Waals surface area contributed by atoms with E-state index in [1.165, 1.54) is 29.7 Å². The van der Waals surface area contributed by atoms with Gasteiger partial charge in [0.2, 0.25) is 0 Å². The molecular formula is C14H16ClNOS. The molecular weight excluding hydrogens is 266 g/mol. The molecule has 0 fully saturated rings. The molecule has 0 saturated heterocycles. The Morgan fingerprint density at radius 3 is 3.22 bits per heavy atom. The summed E-state index contributed by atoms with van der Waals surface area (Å²) in [6, 6.07) is 6.70. The Hall–Kier alpha value is -0.770. The van der Waals surface area contributed by atoms with E-state index in [-0.39, 0.29) is 6.04 Å². The van der Waals surface area contributed by atoms with Gasteiger partial charge in [-0.3, -0.25) is 0 Å². The zero-order chi connectivity index (χ0) is 12.5. The molecule has 2 atom stereocenters. The smallest absolute Gasteiger partial charge is 0.120 e. The summed E-state index contributed by atoms with van der Waals surface area (Å²) >= 11 is 7.84. The molecule has 1 aliphatic carbocycles. The quantitative estimate of drug-likeness (QED) is 0.880. The van der Waals surface area contributed by atoms with E-state index in [9.17, 15) is 0 Å². The van der Waals surface area contributed by atoms with E-state index in [4.69, 9.17) is 16.0 Å². The second-order valence-electron chi connectivity index (χ2n) is 4.78. The Bertz CT molecular complexity index is 520. The van der Waals surface area contributed by atoms with Crippen molar-refractivity contribution in [1.82, 2.24) is 5.32 Å². The Balaban J connectivity index is 1.78. The van der Waals surface area contributed by atoms with Crippen LogP contribution in [0.15, 0.2) is 28.9 Å². The molecule has 3 rings (SSSR count). The summed E-state index contributed by atoms with van der Waals surface area (Å²) in [5.74, 6) is 0.989. The number of hydrogen-bond acceptors (Lipinski definition) is 3. The average Bonchev–Trinajstić information content (AvgIpc) is 2.96. The van der Waals surface area contributed by atoms with Crippen molar-refractivity contribution in [1.29, 1.82) is 0 Å². The van der Waals surface area contributed by atoms with Crippen molar-refractivity contribution in [2.45, 2.75) is 38.3 Å². The van der Waals surface area contributed by atoms with E-state index in [1.54, 1.807) is 17.6 Å². The zero-order valence-electron chi connectivity index (χ0n) is 10.3. The summed E-state index contributed by atoms with van der Waals surface area (Å²) < 4.78 is 6.35. The predicted octanol–water partition coefficient (Wildman–Crippen LogP) is 4.72. The van der Waals surface area contributed by atoms with Gasteiger partial charge in [-0.15, -0.1) is 11.3 Å². The van der Waals surface area contributed by atoms with Gasteiger partial charge < -0.3 is 9.73 Å². The van der Waals surface area contributed by atoms with E-state index in [0.717, 1.165) is 10.1 Å². The fraction of sp³-hybridized carbons (Fsp3) is 0.429. The fourth-order valence-corrected chi connectivity index (χ4v) is 4.00. The first-order valence-corrected chi connectivity index (χ1v) is 7.51. The van der Waals surface area contributed by atoms with Crippen LogP contribution in [0.3, 0.4) is 0 Å². The van der Waals surface area contributed by atoms with Gasteiger partial charge in [0.1, 0.15) is 5.76 Å². The third-order valence-electron chi connectivity index (χ3n) is 3.50. The summed E-state index contributed by atoms with van der Waals surface area (Å²) in [6.07, 6.45) is 5.29. The van der Waals surface area contributed by atoms with Crippen LogP contribution in [0.4, 0.5) is 0 Å². The highest BCUT2D eigenvalue weighted by molar-refractivity contribution is 7.16. The lowest BCUT2D eigenvalue weighted by Crippen LogP contribution is -2.26. The second kappa shape index (κ2) is 5.08. The fourth-order valence-electron chi connectivity index (χ4n) is 2.62. The number of aryl methyl sites for hydroxylation is 1. The molecule has 0 aliphatic heterocycles. The highest BCUT2D eigenvalue weighted by atomic mass is 35.5. The Morgan fingerprint density at radius 1 is 1.56 bits per heavy atom. The SMILES string of the molecule is C[C@@H](NC1CCCc2sc(Cl)cc21)c1ccco1. The van der Waals surface area contributed by atoms with E-state index < -0.39 is 0 Å². The first kappa shape index (κ1) is 12.3. The minimum Gasteiger partial charge on any atom is -0.468 e. The lowest BCUT2D eigenvalue weighted by atomic mass is 9.93. The van der Waals surface area contributed by atoms with Gasteiger partial charge in [0.25, 0.3) is 0 Å². The number of fused-ring (bicyclic) bond motifs is 1. The van der Waals surface area contributed by atoms with E-state index >= 15 is 0 Å². The Morgan fingerprint density at radius 2 is 2.44 bits per heavy atom. The van der Waals surface area contributed by atoms with Crippen molar-refractivity contribution < 1.29 is 4.42 Å². The topological polar surface area (TPSA) is 25.2 Å². The summed E-state index contributed by atoms with van der Waals surface area (Å²) in [5, 5.41) is 3.65. The standard InChI is InChI=1S/C14H16ClNOS/c1-9(12-5-3-7-17-12)16-11-4-2-6-13-10(11)8-14(15)18-13/h3,5,7-9,11,16H,2,4,6H2,1H3/t9-,11?/m1/s1. The summed E-state index contributed by atoms with van der Waals surface area (Å²) in [5.41, 5.74) is 1.38.